The van der Waals surface area contributed by atoms with Crippen molar-refractivity contribution in [3.63, 3.8) is 0 Å². The lowest BCUT2D eigenvalue weighted by Crippen LogP contribution is -2.40. The van der Waals surface area contributed by atoms with Crippen LogP contribution in [0.5, 0.6) is 0 Å². The summed E-state index contributed by atoms with van der Waals surface area (Å²) in [5.74, 6) is -0.451. The number of carbonyl (C=O) groups is 2. The second kappa shape index (κ2) is 7.04. The summed E-state index contributed by atoms with van der Waals surface area (Å²) in [6, 6.07) is 9.70. The molecular formula is C23H23N3O3. The molecule has 1 aliphatic carbocycles. The van der Waals surface area contributed by atoms with Crippen molar-refractivity contribution in [3.8, 4) is 0 Å². The standard InChI is InChI=1S/C23H23N3O3/c24-22(27)19-12-16(14-3-1-2-4-14)11-18-17-6-5-15(13-20(17)25-21(18)19)23(28)26-7-9-29-10-8-26/h3,5-6,11-13,25H,1-2,4,7-10H2,(H2,24,27). The highest BCUT2D eigenvalue weighted by Crippen LogP contribution is 2.35. The van der Waals surface area contributed by atoms with Gasteiger partial charge in [0.05, 0.1) is 24.3 Å². The van der Waals surface area contributed by atoms with Crippen LogP contribution in [0.1, 0.15) is 45.5 Å². The van der Waals surface area contributed by atoms with Crippen molar-refractivity contribution in [3.05, 3.63) is 53.1 Å². The molecule has 29 heavy (non-hydrogen) atoms. The summed E-state index contributed by atoms with van der Waals surface area (Å²) in [6.45, 7) is 2.35. The number of hydrogen-bond acceptors (Lipinski definition) is 3. The van der Waals surface area contributed by atoms with Gasteiger partial charge in [0.1, 0.15) is 0 Å². The molecule has 0 saturated carbocycles. The van der Waals surface area contributed by atoms with Crippen LogP contribution in [-0.2, 0) is 4.74 Å². The minimum Gasteiger partial charge on any atom is -0.378 e. The van der Waals surface area contributed by atoms with Crippen molar-refractivity contribution >= 4 is 39.2 Å². The molecule has 3 N–H and O–H groups in total. The smallest absolute Gasteiger partial charge is 0.254 e. The first-order chi connectivity index (χ1) is 14.1. The summed E-state index contributed by atoms with van der Waals surface area (Å²) >= 11 is 0. The predicted octanol–water partition coefficient (Wildman–Crippen LogP) is 3.46. The number of aromatic amines is 1. The molecule has 6 nitrogen and oxygen atoms in total. The van der Waals surface area contributed by atoms with Crippen molar-refractivity contribution in [2.45, 2.75) is 19.3 Å². The minimum atomic E-state index is -0.452. The number of benzene rings is 2. The van der Waals surface area contributed by atoms with E-state index in [-0.39, 0.29) is 5.91 Å². The first-order valence-corrected chi connectivity index (χ1v) is 10.1. The van der Waals surface area contributed by atoms with E-state index in [1.54, 1.807) is 0 Å². The first-order valence-electron chi connectivity index (χ1n) is 10.1. The Morgan fingerprint density at radius 3 is 2.62 bits per heavy atom. The van der Waals surface area contributed by atoms with Gasteiger partial charge in [-0.25, -0.2) is 0 Å². The summed E-state index contributed by atoms with van der Waals surface area (Å²) in [5.41, 5.74) is 10.7. The molecule has 1 saturated heterocycles. The first kappa shape index (κ1) is 17.9. The van der Waals surface area contributed by atoms with E-state index in [9.17, 15) is 9.59 Å². The number of ether oxygens (including phenoxy) is 1. The second-order valence-electron chi connectivity index (χ2n) is 7.72. The molecule has 1 fully saturated rings. The lowest BCUT2D eigenvalue weighted by atomic mass is 9.98. The van der Waals surface area contributed by atoms with Crippen LogP contribution in [0.15, 0.2) is 36.4 Å². The number of rotatable bonds is 3. The number of aromatic nitrogens is 1. The van der Waals surface area contributed by atoms with E-state index in [4.69, 9.17) is 10.5 Å². The number of primary amides is 1. The van der Waals surface area contributed by atoms with Gasteiger partial charge in [-0.2, -0.15) is 0 Å². The van der Waals surface area contributed by atoms with E-state index < -0.39 is 5.91 Å². The number of nitrogens with zero attached hydrogens (tertiary/aromatic N) is 1. The van der Waals surface area contributed by atoms with Crippen molar-refractivity contribution in [2.24, 2.45) is 5.73 Å². The Bertz CT molecular complexity index is 1170. The number of hydrogen-bond donors (Lipinski definition) is 2. The van der Waals surface area contributed by atoms with Gasteiger partial charge >= 0.3 is 0 Å². The van der Waals surface area contributed by atoms with Crippen molar-refractivity contribution in [1.82, 2.24) is 9.88 Å². The Kier molecular flexibility index (Phi) is 4.36. The highest BCUT2D eigenvalue weighted by molar-refractivity contribution is 6.16. The average Bonchev–Trinajstić information content (AvgIpc) is 3.40. The zero-order valence-electron chi connectivity index (χ0n) is 16.2. The largest absolute Gasteiger partial charge is 0.378 e. The number of nitrogens with two attached hydrogens (primary N) is 1. The SMILES string of the molecule is NC(=O)c1cc(C2=CCCC2)cc2c1[nH]c1cc(C(=O)N3CCOCC3)ccc12. The fraction of sp³-hybridized carbons (Fsp3) is 0.304. The number of amides is 2. The Balaban J connectivity index is 1.63. The Hall–Kier alpha value is -3.12. The minimum absolute atomic E-state index is 0.000723. The van der Waals surface area contributed by atoms with Gasteiger partial charge in [-0.15, -0.1) is 0 Å². The molecule has 2 heterocycles. The molecule has 2 aliphatic rings. The zero-order chi connectivity index (χ0) is 20.0. The molecule has 5 rings (SSSR count). The molecule has 6 heteroatoms. The fourth-order valence-electron chi connectivity index (χ4n) is 4.40. The molecule has 0 atom stereocenters. The third kappa shape index (κ3) is 3.09. The molecular weight excluding hydrogens is 366 g/mol. The monoisotopic (exact) mass is 389 g/mol. The number of fused-ring (bicyclic) bond motifs is 3. The normalized spacial score (nSPS) is 17.1. The van der Waals surface area contributed by atoms with Gasteiger partial charge in [0, 0.05) is 34.9 Å². The highest BCUT2D eigenvalue weighted by atomic mass is 16.5. The van der Waals surface area contributed by atoms with Crippen LogP contribution in [0, 0.1) is 0 Å². The molecule has 0 bridgehead atoms. The second-order valence-corrected chi connectivity index (χ2v) is 7.72. The highest BCUT2D eigenvalue weighted by Gasteiger charge is 2.21. The Morgan fingerprint density at radius 2 is 1.90 bits per heavy atom. The van der Waals surface area contributed by atoms with Gasteiger partial charge in [-0.1, -0.05) is 12.1 Å². The summed E-state index contributed by atoms with van der Waals surface area (Å²) < 4.78 is 5.34. The van der Waals surface area contributed by atoms with E-state index >= 15 is 0 Å². The van der Waals surface area contributed by atoms with E-state index in [1.807, 2.05) is 29.2 Å². The maximum Gasteiger partial charge on any atom is 0.254 e. The number of allylic oxidation sites excluding steroid dienone is 2. The predicted molar refractivity (Wildman–Crippen MR) is 113 cm³/mol. The number of carbonyl (C=O) groups excluding carboxylic acids is 2. The topological polar surface area (TPSA) is 88.4 Å². The van der Waals surface area contributed by atoms with Gasteiger partial charge in [0.2, 0.25) is 0 Å². The molecule has 2 aromatic carbocycles. The van der Waals surface area contributed by atoms with Gasteiger partial charge in [-0.05, 0) is 54.7 Å². The van der Waals surface area contributed by atoms with Gasteiger partial charge in [0.15, 0.2) is 0 Å². The molecule has 148 valence electrons. The molecule has 0 spiro atoms. The van der Waals surface area contributed by atoms with Crippen LogP contribution in [0.2, 0.25) is 0 Å². The summed E-state index contributed by atoms with van der Waals surface area (Å²) in [6.07, 6.45) is 5.46. The van der Waals surface area contributed by atoms with Crippen LogP contribution in [0.4, 0.5) is 0 Å². The van der Waals surface area contributed by atoms with Crippen molar-refractivity contribution in [2.75, 3.05) is 26.3 Å². The maximum atomic E-state index is 12.8. The number of nitrogens with one attached hydrogen (secondary N) is 1. The van der Waals surface area contributed by atoms with Crippen molar-refractivity contribution in [1.29, 1.82) is 0 Å². The lowest BCUT2D eigenvalue weighted by Gasteiger charge is -2.26. The molecule has 1 aliphatic heterocycles. The van der Waals surface area contributed by atoms with Crippen LogP contribution in [0.25, 0.3) is 27.4 Å². The molecule has 1 aromatic heterocycles. The van der Waals surface area contributed by atoms with Gasteiger partial charge < -0.3 is 20.4 Å². The maximum absolute atomic E-state index is 12.8. The molecule has 0 unspecified atom stereocenters. The Labute approximate surface area is 168 Å². The fourth-order valence-corrected chi connectivity index (χ4v) is 4.40. The van der Waals surface area contributed by atoms with Crippen LogP contribution >= 0.6 is 0 Å². The number of H-pyrrole nitrogens is 1. The molecule has 2 amide bonds. The quantitative estimate of drug-likeness (QED) is 0.719. The van der Waals surface area contributed by atoms with E-state index in [1.165, 1.54) is 5.57 Å². The summed E-state index contributed by atoms with van der Waals surface area (Å²) in [5, 5.41) is 1.95. The van der Waals surface area contributed by atoms with E-state index in [2.05, 4.69) is 17.1 Å². The third-order valence-electron chi connectivity index (χ3n) is 5.93. The summed E-state index contributed by atoms with van der Waals surface area (Å²) in [4.78, 5) is 30.1. The van der Waals surface area contributed by atoms with Crippen LogP contribution in [0.3, 0.4) is 0 Å². The molecule has 3 aromatic rings. The van der Waals surface area contributed by atoms with Crippen molar-refractivity contribution < 1.29 is 14.3 Å². The number of morpholine rings is 1. The third-order valence-corrected chi connectivity index (χ3v) is 5.93. The van der Waals surface area contributed by atoms with Crippen LogP contribution < -0.4 is 5.73 Å². The van der Waals surface area contributed by atoms with Gasteiger partial charge in [-0.3, -0.25) is 9.59 Å². The zero-order valence-corrected chi connectivity index (χ0v) is 16.2. The molecule has 0 radical (unpaired) electrons. The average molecular weight is 389 g/mol. The van der Waals surface area contributed by atoms with E-state index in [0.29, 0.717) is 37.4 Å². The van der Waals surface area contributed by atoms with Crippen LogP contribution in [-0.4, -0.2) is 48.0 Å². The lowest BCUT2D eigenvalue weighted by molar-refractivity contribution is 0.0303. The van der Waals surface area contributed by atoms with Gasteiger partial charge in [0.25, 0.3) is 11.8 Å². The van der Waals surface area contributed by atoms with E-state index in [0.717, 1.165) is 46.6 Å². The Morgan fingerprint density at radius 1 is 1.07 bits per heavy atom. The summed E-state index contributed by atoms with van der Waals surface area (Å²) in [7, 11) is 0.